The normalized spacial score (nSPS) is 13.2. The van der Waals surface area contributed by atoms with Crippen molar-refractivity contribution in [3.63, 3.8) is 0 Å². The molecule has 4 nitrogen and oxygen atoms in total. The molecule has 0 bridgehead atoms. The van der Waals surface area contributed by atoms with Crippen LogP contribution in [0.15, 0.2) is 97.1 Å². The fourth-order valence-corrected chi connectivity index (χ4v) is 4.13. The number of rotatable bonds is 0. The maximum Gasteiger partial charge on any atom is 0.234 e. The molecule has 0 heterocycles. The Hall–Kier alpha value is -4.44. The number of carbonyl (C=O) groups is 4. The molecule has 0 aliphatic heterocycles. The predicted octanol–water partition coefficient (Wildman–Crippen LogP) is 5.19. The van der Waals surface area contributed by atoms with Crippen LogP contribution in [0.3, 0.4) is 0 Å². The summed E-state index contributed by atoms with van der Waals surface area (Å²) in [7, 11) is 0. The molecule has 0 atom stereocenters. The van der Waals surface area contributed by atoms with Gasteiger partial charge in [-0.25, -0.2) is 0 Å². The first-order valence-electron chi connectivity index (χ1n) is 10.1. The topological polar surface area (TPSA) is 68.3 Å². The van der Waals surface area contributed by atoms with Crippen molar-refractivity contribution < 1.29 is 19.2 Å². The fourth-order valence-electron chi connectivity index (χ4n) is 4.13. The standard InChI is InChI=1S/2C14H8O2/c15-13-11-7-3-1-5-9(11)10-6-2-4-8-12(10)14(13)16;15-13-9-5-1-2-6-10(9)14(16)12-8-4-3-7-11(12)13/h2*1-8H. The summed E-state index contributed by atoms with van der Waals surface area (Å²) in [5, 5.41) is 0. The van der Waals surface area contributed by atoms with Gasteiger partial charge in [-0.05, 0) is 11.1 Å². The zero-order valence-corrected chi connectivity index (χ0v) is 16.9. The number of hydrogen-bond acceptors (Lipinski definition) is 4. The highest BCUT2D eigenvalue weighted by molar-refractivity contribution is 6.52. The average Bonchev–Trinajstić information content (AvgIpc) is 2.86. The minimum atomic E-state index is -0.408. The second-order valence-corrected chi connectivity index (χ2v) is 7.50. The Morgan fingerprint density at radius 2 is 0.438 bits per heavy atom. The lowest BCUT2D eigenvalue weighted by atomic mass is 9.84. The van der Waals surface area contributed by atoms with Crippen LogP contribution in [0.5, 0.6) is 0 Å². The van der Waals surface area contributed by atoms with Gasteiger partial charge in [0.15, 0.2) is 11.6 Å². The number of carbonyl (C=O) groups excluding carboxylic acids is 4. The summed E-state index contributed by atoms with van der Waals surface area (Å²) in [4.78, 5) is 47.9. The first-order chi connectivity index (χ1) is 15.6. The maximum atomic E-state index is 12.1. The number of benzene rings is 4. The first kappa shape index (κ1) is 19.5. The van der Waals surface area contributed by atoms with Gasteiger partial charge in [-0.1, -0.05) is 97.1 Å². The summed E-state index contributed by atoms with van der Waals surface area (Å²) in [6, 6.07) is 28.3. The summed E-state index contributed by atoms with van der Waals surface area (Å²) in [6.45, 7) is 0. The molecule has 152 valence electrons. The molecule has 0 saturated carbocycles. The number of hydrogen-bond donors (Lipinski definition) is 0. The lowest BCUT2D eigenvalue weighted by Crippen LogP contribution is -2.20. The average molecular weight is 416 g/mol. The van der Waals surface area contributed by atoms with Gasteiger partial charge >= 0.3 is 0 Å². The Labute approximate surface area is 184 Å². The monoisotopic (exact) mass is 416 g/mol. The Morgan fingerprint density at radius 1 is 0.250 bits per heavy atom. The summed E-state index contributed by atoms with van der Waals surface area (Å²) in [5.74, 6) is -0.944. The summed E-state index contributed by atoms with van der Waals surface area (Å²) in [6.07, 6.45) is 0. The molecule has 0 amide bonds. The number of Topliss-reactive ketones (excluding diaryl/α,β-unsaturated/α-hetero) is 2. The fraction of sp³-hybridized carbons (Fsp3) is 0. The van der Waals surface area contributed by atoms with E-state index >= 15 is 0 Å². The molecule has 6 rings (SSSR count). The molecule has 4 aromatic carbocycles. The molecule has 0 aromatic heterocycles. The van der Waals surface area contributed by atoms with Crippen LogP contribution in [0.25, 0.3) is 11.1 Å². The van der Waals surface area contributed by atoms with E-state index in [1.165, 1.54) is 0 Å². The zero-order chi connectivity index (χ0) is 22.2. The molecule has 4 aromatic rings. The number of fused-ring (bicyclic) bond motifs is 5. The Balaban J connectivity index is 0.000000135. The van der Waals surface area contributed by atoms with Crippen LogP contribution in [-0.2, 0) is 0 Å². The lowest BCUT2D eigenvalue weighted by Gasteiger charge is -2.16. The van der Waals surface area contributed by atoms with Crippen LogP contribution in [-0.4, -0.2) is 23.1 Å². The Bertz CT molecular complexity index is 1280. The van der Waals surface area contributed by atoms with E-state index in [2.05, 4.69) is 0 Å². The van der Waals surface area contributed by atoms with Gasteiger partial charge in [-0.2, -0.15) is 0 Å². The molecule has 2 aliphatic carbocycles. The smallest absolute Gasteiger partial charge is 0.234 e. The molecule has 32 heavy (non-hydrogen) atoms. The third-order valence-electron chi connectivity index (χ3n) is 5.67. The van der Waals surface area contributed by atoms with E-state index in [1.54, 1.807) is 72.8 Å². The Morgan fingerprint density at radius 3 is 0.688 bits per heavy atom. The van der Waals surface area contributed by atoms with E-state index in [0.29, 0.717) is 33.4 Å². The minimum absolute atomic E-state index is 0.0641. The van der Waals surface area contributed by atoms with E-state index in [-0.39, 0.29) is 11.6 Å². The van der Waals surface area contributed by atoms with Gasteiger partial charge in [0, 0.05) is 33.4 Å². The van der Waals surface area contributed by atoms with Gasteiger partial charge in [-0.15, -0.1) is 0 Å². The van der Waals surface area contributed by atoms with Crippen LogP contribution < -0.4 is 0 Å². The van der Waals surface area contributed by atoms with Gasteiger partial charge < -0.3 is 0 Å². The van der Waals surface area contributed by atoms with E-state index < -0.39 is 11.6 Å². The van der Waals surface area contributed by atoms with Crippen LogP contribution in [0, 0.1) is 0 Å². The van der Waals surface area contributed by atoms with Crippen LogP contribution in [0.4, 0.5) is 0 Å². The summed E-state index contributed by atoms with van der Waals surface area (Å²) >= 11 is 0. The quantitative estimate of drug-likeness (QED) is 0.326. The zero-order valence-electron chi connectivity index (χ0n) is 16.9. The van der Waals surface area contributed by atoms with Crippen LogP contribution >= 0.6 is 0 Å². The molecular formula is C28H16O4. The van der Waals surface area contributed by atoms with Gasteiger partial charge in [0.1, 0.15) is 0 Å². The van der Waals surface area contributed by atoms with E-state index in [0.717, 1.165) is 11.1 Å². The van der Waals surface area contributed by atoms with Crippen molar-refractivity contribution in [2.24, 2.45) is 0 Å². The van der Waals surface area contributed by atoms with E-state index in [4.69, 9.17) is 0 Å². The first-order valence-corrected chi connectivity index (χ1v) is 10.1. The van der Waals surface area contributed by atoms with E-state index in [1.807, 2.05) is 24.3 Å². The molecule has 0 radical (unpaired) electrons. The summed E-state index contributed by atoms with van der Waals surface area (Å²) < 4.78 is 0. The van der Waals surface area contributed by atoms with E-state index in [9.17, 15) is 19.2 Å². The van der Waals surface area contributed by atoms with Gasteiger partial charge in [-0.3, -0.25) is 19.2 Å². The van der Waals surface area contributed by atoms with Crippen molar-refractivity contribution in [3.05, 3.63) is 130 Å². The molecule has 4 heteroatoms. The molecule has 0 spiro atoms. The molecule has 0 fully saturated rings. The largest absolute Gasteiger partial charge is 0.289 e. The molecule has 0 N–H and O–H groups in total. The van der Waals surface area contributed by atoms with Crippen molar-refractivity contribution in [1.82, 2.24) is 0 Å². The highest BCUT2D eigenvalue weighted by Crippen LogP contribution is 2.32. The van der Waals surface area contributed by atoms with Crippen molar-refractivity contribution in [2.45, 2.75) is 0 Å². The summed E-state index contributed by atoms with van der Waals surface area (Å²) in [5.41, 5.74) is 4.73. The van der Waals surface area contributed by atoms with Crippen molar-refractivity contribution >= 4 is 23.1 Å². The molecular weight excluding hydrogens is 400 g/mol. The third kappa shape index (κ3) is 3.01. The van der Waals surface area contributed by atoms with Gasteiger partial charge in [0.2, 0.25) is 11.6 Å². The highest BCUT2D eigenvalue weighted by Gasteiger charge is 2.29. The van der Waals surface area contributed by atoms with Gasteiger partial charge in [0.05, 0.1) is 0 Å². The predicted molar refractivity (Wildman–Crippen MR) is 120 cm³/mol. The van der Waals surface area contributed by atoms with Crippen molar-refractivity contribution in [2.75, 3.05) is 0 Å². The molecule has 2 aliphatic rings. The maximum absolute atomic E-state index is 12.1. The van der Waals surface area contributed by atoms with Crippen LogP contribution in [0.1, 0.15) is 52.6 Å². The second kappa shape index (κ2) is 7.67. The second-order valence-electron chi connectivity index (χ2n) is 7.50. The highest BCUT2D eigenvalue weighted by atomic mass is 16.2. The van der Waals surface area contributed by atoms with Crippen molar-refractivity contribution in [1.29, 1.82) is 0 Å². The minimum Gasteiger partial charge on any atom is -0.289 e. The molecule has 0 unspecified atom stereocenters. The van der Waals surface area contributed by atoms with Crippen molar-refractivity contribution in [3.8, 4) is 11.1 Å². The third-order valence-corrected chi connectivity index (χ3v) is 5.67. The number of ketones is 4. The SMILES string of the molecule is O=C1C(=O)c2ccccc2-c2ccccc21.O=C1c2ccccc2C(=O)c2ccccc21. The van der Waals surface area contributed by atoms with Crippen LogP contribution in [0.2, 0.25) is 0 Å². The Kier molecular flexibility index (Phi) is 4.68. The van der Waals surface area contributed by atoms with Gasteiger partial charge in [0.25, 0.3) is 0 Å². The molecule has 0 saturated heterocycles. The lowest BCUT2D eigenvalue weighted by molar-refractivity contribution is 0.0815.